The van der Waals surface area contributed by atoms with E-state index in [-0.39, 0.29) is 11.9 Å². The van der Waals surface area contributed by atoms with Gasteiger partial charge in [-0.15, -0.1) is 10.2 Å². The molecule has 1 N–H and O–H groups in total. The van der Waals surface area contributed by atoms with E-state index in [1.165, 1.54) is 5.56 Å². The summed E-state index contributed by atoms with van der Waals surface area (Å²) < 4.78 is 13.3. The number of methoxy groups -OCH3 is 1. The van der Waals surface area contributed by atoms with E-state index < -0.39 is 0 Å². The molecule has 3 rings (SSSR count). The first-order chi connectivity index (χ1) is 14.9. The summed E-state index contributed by atoms with van der Waals surface area (Å²) in [5.41, 5.74) is 1.19. The number of carbonyl (C=O) groups excluding carboxylic acids is 1. The minimum Gasteiger partial charge on any atom is -0.493 e. The minimum atomic E-state index is -0.111. The summed E-state index contributed by atoms with van der Waals surface area (Å²) in [4.78, 5) is 14.2. The van der Waals surface area contributed by atoms with Crippen molar-refractivity contribution in [2.45, 2.75) is 59.7 Å². The van der Waals surface area contributed by atoms with Gasteiger partial charge in [0, 0.05) is 39.5 Å². The first-order valence-electron chi connectivity index (χ1n) is 11.1. The molecule has 1 atom stereocenters. The first-order valence-corrected chi connectivity index (χ1v) is 11.1. The van der Waals surface area contributed by atoms with Crippen LogP contribution in [0.1, 0.15) is 57.4 Å². The molecule has 8 nitrogen and oxygen atoms in total. The van der Waals surface area contributed by atoms with E-state index in [1.807, 2.05) is 13.0 Å². The topological polar surface area (TPSA) is 81.5 Å². The number of benzene rings is 1. The third-order valence-corrected chi connectivity index (χ3v) is 5.48. The Balaban J connectivity index is 1.72. The van der Waals surface area contributed by atoms with Crippen LogP contribution in [-0.4, -0.2) is 52.4 Å². The molecule has 1 amide bonds. The summed E-state index contributed by atoms with van der Waals surface area (Å²) in [6.07, 6.45) is 1.67. The number of aromatic nitrogens is 3. The maximum atomic E-state index is 11.7. The number of nitrogens with one attached hydrogen (secondary N) is 1. The van der Waals surface area contributed by atoms with E-state index in [2.05, 4.69) is 51.0 Å². The van der Waals surface area contributed by atoms with Gasteiger partial charge in [0.1, 0.15) is 5.82 Å². The molecule has 0 fully saturated rings. The van der Waals surface area contributed by atoms with Crippen LogP contribution in [0.2, 0.25) is 0 Å². The SMILES string of the molecule is CCOc1cc(CN2CCc3nnc([C@H](CC(C)C)NC(C)=O)n3CC2)ccc1OC. The molecule has 1 aromatic carbocycles. The van der Waals surface area contributed by atoms with Crippen molar-refractivity contribution in [1.29, 1.82) is 0 Å². The molecule has 1 aromatic heterocycles. The van der Waals surface area contributed by atoms with Crippen LogP contribution < -0.4 is 14.8 Å². The standard InChI is InChI=1S/C23H35N5O3/c1-6-31-21-14-18(7-8-20(21)30-5)15-27-10-9-22-25-26-23(28(22)12-11-27)19(13-16(2)3)24-17(4)29/h7-8,14,16,19H,6,9-13,15H2,1-5H3,(H,24,29)/t19-/m0/s1. The maximum Gasteiger partial charge on any atom is 0.217 e. The van der Waals surface area contributed by atoms with Crippen LogP contribution in [0.5, 0.6) is 11.5 Å². The average molecular weight is 430 g/mol. The highest BCUT2D eigenvalue weighted by atomic mass is 16.5. The van der Waals surface area contributed by atoms with Crippen LogP contribution in [0.25, 0.3) is 0 Å². The van der Waals surface area contributed by atoms with Crippen LogP contribution in [0.4, 0.5) is 0 Å². The Morgan fingerprint density at radius 1 is 1.19 bits per heavy atom. The molecule has 2 aromatic rings. The lowest BCUT2D eigenvalue weighted by atomic mass is 10.0. The van der Waals surface area contributed by atoms with Gasteiger partial charge in [-0.3, -0.25) is 9.69 Å². The van der Waals surface area contributed by atoms with Crippen molar-refractivity contribution >= 4 is 5.91 Å². The highest BCUT2D eigenvalue weighted by Gasteiger charge is 2.25. The summed E-state index contributed by atoms with van der Waals surface area (Å²) in [5, 5.41) is 12.0. The Hall–Kier alpha value is -2.61. The number of fused-ring (bicyclic) bond motifs is 1. The van der Waals surface area contributed by atoms with Crippen LogP contribution >= 0.6 is 0 Å². The highest BCUT2D eigenvalue weighted by molar-refractivity contribution is 5.73. The quantitative estimate of drug-likeness (QED) is 0.660. The van der Waals surface area contributed by atoms with Crippen molar-refractivity contribution in [3.8, 4) is 11.5 Å². The van der Waals surface area contributed by atoms with Gasteiger partial charge in [-0.25, -0.2) is 0 Å². The van der Waals surface area contributed by atoms with Crippen molar-refractivity contribution in [2.75, 3.05) is 26.8 Å². The van der Waals surface area contributed by atoms with E-state index >= 15 is 0 Å². The second-order valence-electron chi connectivity index (χ2n) is 8.45. The van der Waals surface area contributed by atoms with Gasteiger partial charge in [-0.2, -0.15) is 0 Å². The largest absolute Gasteiger partial charge is 0.493 e. The lowest BCUT2D eigenvalue weighted by Gasteiger charge is -2.22. The van der Waals surface area contributed by atoms with Crippen molar-refractivity contribution in [2.24, 2.45) is 5.92 Å². The molecular formula is C23H35N5O3. The number of amides is 1. The van der Waals surface area contributed by atoms with Gasteiger partial charge >= 0.3 is 0 Å². The van der Waals surface area contributed by atoms with Crippen LogP contribution in [-0.2, 0) is 24.3 Å². The van der Waals surface area contributed by atoms with Gasteiger partial charge in [-0.1, -0.05) is 19.9 Å². The molecule has 0 saturated heterocycles. The summed E-state index contributed by atoms with van der Waals surface area (Å²) >= 11 is 0. The Bertz CT molecular complexity index is 880. The normalized spacial score (nSPS) is 15.3. The number of ether oxygens (including phenoxy) is 2. The van der Waals surface area contributed by atoms with Gasteiger partial charge in [0.25, 0.3) is 0 Å². The summed E-state index contributed by atoms with van der Waals surface area (Å²) in [5.74, 6) is 3.80. The molecule has 170 valence electrons. The highest BCUT2D eigenvalue weighted by Crippen LogP contribution is 2.29. The molecule has 31 heavy (non-hydrogen) atoms. The molecule has 0 spiro atoms. The predicted molar refractivity (Wildman–Crippen MR) is 119 cm³/mol. The van der Waals surface area contributed by atoms with E-state index in [4.69, 9.17) is 9.47 Å². The zero-order valence-electron chi connectivity index (χ0n) is 19.4. The molecule has 0 radical (unpaired) electrons. The second kappa shape index (κ2) is 10.6. The van der Waals surface area contributed by atoms with Crippen molar-refractivity contribution in [1.82, 2.24) is 25.0 Å². The fourth-order valence-corrected chi connectivity index (χ4v) is 4.10. The van der Waals surface area contributed by atoms with Gasteiger partial charge in [0.15, 0.2) is 17.3 Å². The smallest absolute Gasteiger partial charge is 0.217 e. The summed E-state index contributed by atoms with van der Waals surface area (Å²) in [7, 11) is 1.66. The average Bonchev–Trinajstić information content (AvgIpc) is 3.02. The van der Waals surface area contributed by atoms with E-state index in [0.717, 1.165) is 62.2 Å². The minimum absolute atomic E-state index is 0.0390. The van der Waals surface area contributed by atoms with Gasteiger partial charge in [0.05, 0.1) is 19.8 Å². The first kappa shape index (κ1) is 23.1. The van der Waals surface area contributed by atoms with Crippen molar-refractivity contribution in [3.63, 3.8) is 0 Å². The number of hydrogen-bond donors (Lipinski definition) is 1. The van der Waals surface area contributed by atoms with Crippen molar-refractivity contribution < 1.29 is 14.3 Å². The van der Waals surface area contributed by atoms with Crippen LogP contribution in [0.3, 0.4) is 0 Å². The Morgan fingerprint density at radius 2 is 2.00 bits per heavy atom. The van der Waals surface area contributed by atoms with Gasteiger partial charge in [0.2, 0.25) is 5.91 Å². The maximum absolute atomic E-state index is 11.7. The molecule has 0 aliphatic carbocycles. The van der Waals surface area contributed by atoms with E-state index in [9.17, 15) is 4.79 Å². The number of carbonyl (C=O) groups is 1. The predicted octanol–water partition coefficient (Wildman–Crippen LogP) is 2.97. The van der Waals surface area contributed by atoms with E-state index in [1.54, 1.807) is 14.0 Å². The lowest BCUT2D eigenvalue weighted by molar-refractivity contribution is -0.119. The Kier molecular flexibility index (Phi) is 7.90. The summed E-state index contributed by atoms with van der Waals surface area (Å²) in [6.45, 7) is 11.9. The molecule has 0 unspecified atom stereocenters. The molecule has 8 heteroatoms. The number of hydrogen-bond acceptors (Lipinski definition) is 6. The monoisotopic (exact) mass is 429 g/mol. The molecular weight excluding hydrogens is 394 g/mol. The third kappa shape index (κ3) is 5.97. The van der Waals surface area contributed by atoms with Crippen molar-refractivity contribution in [3.05, 3.63) is 35.4 Å². The molecule has 2 heterocycles. The van der Waals surface area contributed by atoms with E-state index in [0.29, 0.717) is 12.5 Å². The molecule has 1 aliphatic heterocycles. The van der Waals surface area contributed by atoms with Gasteiger partial charge in [-0.05, 0) is 37.0 Å². The zero-order valence-corrected chi connectivity index (χ0v) is 19.4. The zero-order chi connectivity index (χ0) is 22.4. The van der Waals surface area contributed by atoms with Gasteiger partial charge < -0.3 is 19.4 Å². The molecule has 0 bridgehead atoms. The fourth-order valence-electron chi connectivity index (χ4n) is 4.10. The fraction of sp³-hybridized carbons (Fsp3) is 0.609. The van der Waals surface area contributed by atoms with Crippen LogP contribution in [0, 0.1) is 5.92 Å². The second-order valence-corrected chi connectivity index (χ2v) is 8.45. The lowest BCUT2D eigenvalue weighted by Crippen LogP contribution is -2.31. The summed E-state index contributed by atoms with van der Waals surface area (Å²) in [6, 6.07) is 6.01. The number of nitrogens with zero attached hydrogens (tertiary/aromatic N) is 4. The Morgan fingerprint density at radius 3 is 2.68 bits per heavy atom. The Labute approximate surface area is 184 Å². The molecule has 0 saturated carbocycles. The van der Waals surface area contributed by atoms with Crippen LogP contribution in [0.15, 0.2) is 18.2 Å². The number of rotatable bonds is 9. The molecule has 1 aliphatic rings. The third-order valence-electron chi connectivity index (χ3n) is 5.48.